The number of rotatable bonds is 2. The quantitative estimate of drug-likeness (QED) is 0.790. The van der Waals surface area contributed by atoms with Gasteiger partial charge < -0.3 is 10.6 Å². The lowest BCUT2D eigenvalue weighted by Gasteiger charge is -2.28. The molecular formula is C12H20N4O. The molecular weight excluding hydrogens is 216 g/mol. The van der Waals surface area contributed by atoms with E-state index in [9.17, 15) is 4.79 Å². The molecule has 2 rings (SSSR count). The molecule has 2 N–H and O–H groups in total. The van der Waals surface area contributed by atoms with Crippen LogP contribution in [-0.4, -0.2) is 34.3 Å². The Morgan fingerprint density at radius 2 is 2.41 bits per heavy atom. The summed E-state index contributed by atoms with van der Waals surface area (Å²) in [6.45, 7) is 5.05. The van der Waals surface area contributed by atoms with Crippen LogP contribution in [0.1, 0.15) is 35.9 Å². The molecule has 5 heteroatoms. The Morgan fingerprint density at radius 3 is 3.00 bits per heavy atom. The van der Waals surface area contributed by atoms with Crippen molar-refractivity contribution in [3.63, 3.8) is 0 Å². The van der Waals surface area contributed by atoms with Gasteiger partial charge in [-0.1, -0.05) is 0 Å². The highest BCUT2D eigenvalue weighted by molar-refractivity contribution is 5.92. The fraction of sp³-hybridized carbons (Fsp3) is 0.667. The van der Waals surface area contributed by atoms with E-state index in [0.717, 1.165) is 25.1 Å². The van der Waals surface area contributed by atoms with Crippen molar-refractivity contribution in [2.45, 2.75) is 38.8 Å². The van der Waals surface area contributed by atoms with Crippen molar-refractivity contribution in [3.05, 3.63) is 17.5 Å². The molecule has 0 saturated carbocycles. The Balaban J connectivity index is 1.96. The second-order valence-electron chi connectivity index (χ2n) is 4.84. The average molecular weight is 236 g/mol. The molecule has 1 aromatic rings. The van der Waals surface area contributed by atoms with Gasteiger partial charge in [-0.2, -0.15) is 5.10 Å². The van der Waals surface area contributed by atoms with Gasteiger partial charge in [0.2, 0.25) is 0 Å². The molecule has 17 heavy (non-hydrogen) atoms. The number of amides is 1. The first-order valence-electron chi connectivity index (χ1n) is 6.11. The van der Waals surface area contributed by atoms with Crippen LogP contribution in [-0.2, 0) is 7.05 Å². The lowest BCUT2D eigenvalue weighted by molar-refractivity contribution is 0.0920. The Bertz CT molecular complexity index is 393. The lowest BCUT2D eigenvalue weighted by Crippen LogP contribution is -2.46. The van der Waals surface area contributed by atoms with Crippen molar-refractivity contribution in [2.75, 3.05) is 6.54 Å². The summed E-state index contributed by atoms with van der Waals surface area (Å²) in [5, 5.41) is 10.6. The maximum atomic E-state index is 12.0. The standard InChI is InChI=1S/C12H20N4O/c1-8-6-10(4-5-13-8)14-12(17)11-7-9(2)16(3)15-11/h7-8,10,13H,4-6H2,1-3H3,(H,14,17). The number of nitrogens with one attached hydrogen (secondary N) is 2. The lowest BCUT2D eigenvalue weighted by atomic mass is 10.0. The number of carbonyl (C=O) groups excluding carboxylic acids is 1. The van der Waals surface area contributed by atoms with E-state index in [-0.39, 0.29) is 11.9 Å². The van der Waals surface area contributed by atoms with E-state index in [0.29, 0.717) is 11.7 Å². The second-order valence-corrected chi connectivity index (χ2v) is 4.84. The summed E-state index contributed by atoms with van der Waals surface area (Å²) in [5.74, 6) is -0.0622. The summed E-state index contributed by atoms with van der Waals surface area (Å²) in [5.41, 5.74) is 1.50. The molecule has 2 atom stereocenters. The van der Waals surface area contributed by atoms with Gasteiger partial charge in [-0.3, -0.25) is 9.48 Å². The molecule has 94 valence electrons. The van der Waals surface area contributed by atoms with Gasteiger partial charge in [0.15, 0.2) is 0 Å². The predicted molar refractivity (Wildman–Crippen MR) is 65.9 cm³/mol. The van der Waals surface area contributed by atoms with E-state index in [4.69, 9.17) is 0 Å². The predicted octanol–water partition coefficient (Wildman–Crippen LogP) is 0.599. The Hall–Kier alpha value is -1.36. The molecule has 0 aliphatic carbocycles. The molecule has 1 aromatic heterocycles. The van der Waals surface area contributed by atoms with Crippen molar-refractivity contribution < 1.29 is 4.79 Å². The monoisotopic (exact) mass is 236 g/mol. The van der Waals surface area contributed by atoms with Crippen LogP contribution in [0.3, 0.4) is 0 Å². The number of nitrogens with zero attached hydrogens (tertiary/aromatic N) is 2. The molecule has 0 aromatic carbocycles. The maximum Gasteiger partial charge on any atom is 0.272 e. The fourth-order valence-electron chi connectivity index (χ4n) is 2.19. The highest BCUT2D eigenvalue weighted by Gasteiger charge is 2.21. The van der Waals surface area contributed by atoms with Gasteiger partial charge in [0.05, 0.1) is 0 Å². The van der Waals surface area contributed by atoms with Gasteiger partial charge in [-0.25, -0.2) is 0 Å². The Morgan fingerprint density at radius 1 is 1.65 bits per heavy atom. The number of hydrogen-bond acceptors (Lipinski definition) is 3. The minimum atomic E-state index is -0.0622. The molecule has 1 amide bonds. The van der Waals surface area contributed by atoms with Crippen LogP contribution in [0.4, 0.5) is 0 Å². The highest BCUT2D eigenvalue weighted by Crippen LogP contribution is 2.09. The molecule has 1 aliphatic heterocycles. The first kappa shape index (κ1) is 12.1. The van der Waals surface area contributed by atoms with Gasteiger partial charge >= 0.3 is 0 Å². The molecule has 0 bridgehead atoms. The van der Waals surface area contributed by atoms with E-state index in [1.54, 1.807) is 4.68 Å². The van der Waals surface area contributed by atoms with E-state index in [2.05, 4.69) is 22.7 Å². The maximum absolute atomic E-state index is 12.0. The van der Waals surface area contributed by atoms with Gasteiger partial charge in [-0.05, 0) is 39.3 Å². The van der Waals surface area contributed by atoms with Crippen LogP contribution < -0.4 is 10.6 Å². The van der Waals surface area contributed by atoms with Crippen molar-refractivity contribution in [3.8, 4) is 0 Å². The van der Waals surface area contributed by atoms with Crippen molar-refractivity contribution in [1.82, 2.24) is 20.4 Å². The minimum Gasteiger partial charge on any atom is -0.348 e. The van der Waals surface area contributed by atoms with Crippen LogP contribution in [0.25, 0.3) is 0 Å². The topological polar surface area (TPSA) is 59.0 Å². The number of aryl methyl sites for hydroxylation is 2. The number of carbonyl (C=O) groups is 1. The summed E-state index contributed by atoms with van der Waals surface area (Å²) in [6.07, 6.45) is 1.97. The normalized spacial score (nSPS) is 24.6. The fourth-order valence-corrected chi connectivity index (χ4v) is 2.19. The molecule has 2 unspecified atom stereocenters. The average Bonchev–Trinajstić information content (AvgIpc) is 2.59. The summed E-state index contributed by atoms with van der Waals surface area (Å²) < 4.78 is 1.72. The summed E-state index contributed by atoms with van der Waals surface area (Å²) in [6, 6.07) is 2.56. The van der Waals surface area contributed by atoms with Crippen molar-refractivity contribution in [2.24, 2.45) is 7.05 Å². The van der Waals surface area contributed by atoms with Crippen LogP contribution in [0.5, 0.6) is 0 Å². The zero-order chi connectivity index (χ0) is 12.4. The first-order valence-corrected chi connectivity index (χ1v) is 6.11. The van der Waals surface area contributed by atoms with Gasteiger partial charge in [0, 0.05) is 24.8 Å². The number of aromatic nitrogens is 2. The largest absolute Gasteiger partial charge is 0.348 e. The van der Waals surface area contributed by atoms with Crippen LogP contribution >= 0.6 is 0 Å². The third kappa shape index (κ3) is 2.85. The van der Waals surface area contributed by atoms with E-state index in [1.807, 2.05) is 20.0 Å². The van der Waals surface area contributed by atoms with Gasteiger partial charge in [0.1, 0.15) is 5.69 Å². The van der Waals surface area contributed by atoms with Gasteiger partial charge in [0.25, 0.3) is 5.91 Å². The summed E-state index contributed by atoms with van der Waals surface area (Å²) >= 11 is 0. The zero-order valence-electron chi connectivity index (χ0n) is 10.7. The molecule has 1 saturated heterocycles. The van der Waals surface area contributed by atoms with Crippen molar-refractivity contribution in [1.29, 1.82) is 0 Å². The third-order valence-electron chi connectivity index (χ3n) is 3.31. The van der Waals surface area contributed by atoms with E-state index < -0.39 is 0 Å². The highest BCUT2D eigenvalue weighted by atomic mass is 16.2. The minimum absolute atomic E-state index is 0.0622. The molecule has 0 spiro atoms. The number of piperidine rings is 1. The van der Waals surface area contributed by atoms with Crippen LogP contribution in [0.2, 0.25) is 0 Å². The third-order valence-corrected chi connectivity index (χ3v) is 3.31. The van der Waals surface area contributed by atoms with Crippen molar-refractivity contribution >= 4 is 5.91 Å². The SMILES string of the molecule is Cc1cc(C(=O)NC2CCNC(C)C2)nn1C. The molecule has 2 heterocycles. The smallest absolute Gasteiger partial charge is 0.272 e. The zero-order valence-corrected chi connectivity index (χ0v) is 10.7. The Labute approximate surface area is 102 Å². The van der Waals surface area contributed by atoms with Crippen LogP contribution in [0.15, 0.2) is 6.07 Å². The van der Waals surface area contributed by atoms with E-state index >= 15 is 0 Å². The second kappa shape index (κ2) is 4.87. The molecule has 1 fully saturated rings. The molecule has 1 aliphatic rings. The van der Waals surface area contributed by atoms with Crippen LogP contribution in [0, 0.1) is 6.92 Å². The first-order chi connectivity index (χ1) is 8.06. The van der Waals surface area contributed by atoms with Gasteiger partial charge in [-0.15, -0.1) is 0 Å². The molecule has 5 nitrogen and oxygen atoms in total. The summed E-state index contributed by atoms with van der Waals surface area (Å²) in [7, 11) is 1.85. The molecule has 0 radical (unpaired) electrons. The summed E-state index contributed by atoms with van der Waals surface area (Å²) in [4.78, 5) is 12.0. The van der Waals surface area contributed by atoms with E-state index in [1.165, 1.54) is 0 Å². The number of hydrogen-bond donors (Lipinski definition) is 2. The Kier molecular flexibility index (Phi) is 3.47.